The van der Waals surface area contributed by atoms with Gasteiger partial charge >= 0.3 is 6.09 Å². The van der Waals surface area contributed by atoms with E-state index in [0.717, 1.165) is 26.2 Å². The van der Waals surface area contributed by atoms with Gasteiger partial charge in [-0.3, -0.25) is 9.59 Å². The number of imide groups is 1. The van der Waals surface area contributed by atoms with E-state index in [1.807, 2.05) is 36.4 Å². The lowest BCUT2D eigenvalue weighted by molar-refractivity contribution is -0.127. The maximum absolute atomic E-state index is 14.3. The Labute approximate surface area is 248 Å². The molecule has 1 aliphatic carbocycles. The van der Waals surface area contributed by atoms with Crippen molar-refractivity contribution in [2.75, 3.05) is 11.4 Å². The van der Waals surface area contributed by atoms with Gasteiger partial charge in [-0.25, -0.2) is 9.69 Å². The second-order valence-corrected chi connectivity index (χ2v) is 13.8. The largest absolute Gasteiger partial charge is 0.443 e. The number of hydrogen-bond donors (Lipinski definition) is 0. The molecule has 2 amide bonds. The summed E-state index contributed by atoms with van der Waals surface area (Å²) in [6.45, 7) is 9.74. The predicted octanol–water partition coefficient (Wildman–Crippen LogP) is 7.61. The summed E-state index contributed by atoms with van der Waals surface area (Å²) in [5, 5.41) is 0.569. The third kappa shape index (κ3) is 5.40. The highest BCUT2D eigenvalue weighted by atomic mass is 127. The predicted molar refractivity (Wildman–Crippen MR) is 160 cm³/mol. The number of halogens is 2. The summed E-state index contributed by atoms with van der Waals surface area (Å²) < 4.78 is 6.69. The van der Waals surface area contributed by atoms with Crippen LogP contribution in [0, 0.1) is 8.99 Å². The molecule has 0 saturated carbocycles. The van der Waals surface area contributed by atoms with E-state index in [1.165, 1.54) is 4.90 Å². The van der Waals surface area contributed by atoms with Crippen LogP contribution in [0.15, 0.2) is 71.1 Å². The van der Waals surface area contributed by atoms with Gasteiger partial charge < -0.3 is 9.64 Å². The average molecular weight is 659 g/mol. The first-order valence-corrected chi connectivity index (χ1v) is 14.6. The highest BCUT2D eigenvalue weighted by molar-refractivity contribution is 14.1. The van der Waals surface area contributed by atoms with Crippen LogP contribution in [0.4, 0.5) is 10.5 Å². The number of carbonyl (C=O) groups excluding carboxylic acids is 3. The molecule has 39 heavy (non-hydrogen) atoms. The highest BCUT2D eigenvalue weighted by Gasteiger charge is 2.49. The standard InChI is InChI=1S/C31H32ClIN2O4/c1-30(2,3)39-29(38)34-15-14-22-27(28(34)37)25(18-6-8-19(32)9-7-18)26-23(16-31(4,5)17-24(26)36)35(22)21-12-10-20(33)11-13-21/h6-13,25H,14-17H2,1-5H3. The van der Waals surface area contributed by atoms with Crippen LogP contribution in [0.3, 0.4) is 0 Å². The van der Waals surface area contributed by atoms with Crippen molar-refractivity contribution in [3.8, 4) is 0 Å². The molecule has 2 aromatic rings. The maximum Gasteiger partial charge on any atom is 0.417 e. The molecule has 1 atom stereocenters. The Bertz CT molecular complexity index is 1420. The number of amides is 2. The number of hydrogen-bond acceptors (Lipinski definition) is 5. The Hall–Kier alpha value is -2.65. The summed E-state index contributed by atoms with van der Waals surface area (Å²) in [5.74, 6) is -1.01. The van der Waals surface area contributed by atoms with Crippen LogP contribution in [-0.2, 0) is 14.3 Å². The van der Waals surface area contributed by atoms with Gasteiger partial charge in [0.25, 0.3) is 5.91 Å². The van der Waals surface area contributed by atoms with Crippen molar-refractivity contribution >= 4 is 57.7 Å². The monoisotopic (exact) mass is 658 g/mol. The Morgan fingerprint density at radius 1 is 0.974 bits per heavy atom. The number of ketones is 1. The molecule has 0 spiro atoms. The van der Waals surface area contributed by atoms with Crippen LogP contribution >= 0.6 is 34.2 Å². The summed E-state index contributed by atoms with van der Waals surface area (Å²) in [4.78, 5) is 44.7. The lowest BCUT2D eigenvalue weighted by atomic mass is 9.67. The van der Waals surface area contributed by atoms with Crippen LogP contribution in [0.25, 0.3) is 0 Å². The summed E-state index contributed by atoms with van der Waals surface area (Å²) in [7, 11) is 0. The van der Waals surface area contributed by atoms with Gasteiger partial charge in [0.15, 0.2) is 5.78 Å². The molecule has 0 fully saturated rings. The fraction of sp³-hybridized carbons (Fsp3) is 0.387. The highest BCUT2D eigenvalue weighted by Crippen LogP contribution is 2.53. The van der Waals surface area contributed by atoms with E-state index >= 15 is 0 Å². The zero-order valence-corrected chi connectivity index (χ0v) is 25.7. The molecule has 3 aliphatic rings. The number of Topliss-reactive ketones (excluding diaryl/α,β-unsaturated/α-hetero) is 1. The summed E-state index contributed by atoms with van der Waals surface area (Å²) in [5.41, 5.74) is 3.53. The van der Waals surface area contributed by atoms with E-state index in [4.69, 9.17) is 16.3 Å². The molecule has 2 aliphatic heterocycles. The Morgan fingerprint density at radius 3 is 2.23 bits per heavy atom. The van der Waals surface area contributed by atoms with Gasteiger partial charge in [-0.2, -0.15) is 0 Å². The van der Waals surface area contributed by atoms with Gasteiger partial charge in [-0.1, -0.05) is 37.6 Å². The number of rotatable bonds is 2. The number of allylic oxidation sites excluding steroid dienone is 2. The molecule has 0 bridgehead atoms. The topological polar surface area (TPSA) is 66.9 Å². The van der Waals surface area contributed by atoms with E-state index in [0.29, 0.717) is 35.4 Å². The Morgan fingerprint density at radius 2 is 1.62 bits per heavy atom. The molecule has 2 aromatic carbocycles. The van der Waals surface area contributed by atoms with Gasteiger partial charge in [-0.05, 0) is 97.2 Å². The first kappa shape index (κ1) is 27.9. The Balaban J connectivity index is 1.75. The van der Waals surface area contributed by atoms with Gasteiger partial charge in [0.1, 0.15) is 5.60 Å². The molecule has 0 N–H and O–H groups in total. The van der Waals surface area contributed by atoms with Crippen molar-refractivity contribution in [2.45, 2.75) is 65.4 Å². The molecule has 6 nitrogen and oxygen atoms in total. The number of carbonyl (C=O) groups is 3. The molecule has 8 heteroatoms. The van der Waals surface area contributed by atoms with Crippen molar-refractivity contribution in [1.82, 2.24) is 4.90 Å². The van der Waals surface area contributed by atoms with Crippen LogP contribution in [0.1, 0.15) is 65.4 Å². The van der Waals surface area contributed by atoms with E-state index in [-0.39, 0.29) is 17.7 Å². The molecule has 204 valence electrons. The minimum Gasteiger partial charge on any atom is -0.443 e. The molecule has 5 rings (SSSR count). The van der Waals surface area contributed by atoms with Crippen LogP contribution in [0.2, 0.25) is 5.02 Å². The fourth-order valence-electron chi connectivity index (χ4n) is 5.76. The molecule has 0 radical (unpaired) electrons. The van der Waals surface area contributed by atoms with Gasteiger partial charge in [-0.15, -0.1) is 0 Å². The van der Waals surface area contributed by atoms with Gasteiger partial charge in [0, 0.05) is 62.1 Å². The van der Waals surface area contributed by atoms with Crippen LogP contribution in [0.5, 0.6) is 0 Å². The molecular weight excluding hydrogens is 627 g/mol. The zero-order valence-electron chi connectivity index (χ0n) is 22.8. The quantitative estimate of drug-likeness (QED) is 0.311. The van der Waals surface area contributed by atoms with Crippen molar-refractivity contribution < 1.29 is 19.1 Å². The number of benzene rings is 2. The average Bonchev–Trinajstić information content (AvgIpc) is 2.82. The Kier molecular flexibility index (Phi) is 7.21. The first-order valence-electron chi connectivity index (χ1n) is 13.1. The lowest BCUT2D eigenvalue weighted by Gasteiger charge is -2.47. The molecular formula is C31H32ClIN2O4. The second-order valence-electron chi connectivity index (χ2n) is 12.1. The fourth-order valence-corrected chi connectivity index (χ4v) is 6.25. The van der Waals surface area contributed by atoms with Crippen molar-refractivity contribution in [3.63, 3.8) is 0 Å². The summed E-state index contributed by atoms with van der Waals surface area (Å²) >= 11 is 8.49. The number of ether oxygens (including phenoxy) is 1. The molecule has 0 saturated heterocycles. The van der Waals surface area contributed by atoms with Crippen LogP contribution < -0.4 is 4.90 Å². The van der Waals surface area contributed by atoms with E-state index in [2.05, 4.69) is 41.3 Å². The summed E-state index contributed by atoms with van der Waals surface area (Å²) in [6.07, 6.45) is 0.834. The summed E-state index contributed by atoms with van der Waals surface area (Å²) in [6, 6.07) is 15.4. The third-order valence-corrected chi connectivity index (χ3v) is 8.25. The first-order chi connectivity index (χ1) is 18.3. The molecule has 1 unspecified atom stereocenters. The van der Waals surface area contributed by atoms with Crippen molar-refractivity contribution in [2.24, 2.45) is 5.41 Å². The zero-order chi connectivity index (χ0) is 28.3. The van der Waals surface area contributed by atoms with Crippen LogP contribution in [-0.4, -0.2) is 34.8 Å². The van der Waals surface area contributed by atoms with E-state index in [9.17, 15) is 14.4 Å². The molecule has 0 aromatic heterocycles. The third-order valence-electron chi connectivity index (χ3n) is 7.27. The van der Waals surface area contributed by atoms with Gasteiger partial charge in [0.2, 0.25) is 0 Å². The molecule has 2 heterocycles. The minimum absolute atomic E-state index is 0.0189. The minimum atomic E-state index is -0.748. The second kappa shape index (κ2) is 10.1. The van der Waals surface area contributed by atoms with Gasteiger partial charge in [0.05, 0.1) is 0 Å². The van der Waals surface area contributed by atoms with Crippen molar-refractivity contribution in [1.29, 1.82) is 0 Å². The smallest absolute Gasteiger partial charge is 0.417 e. The number of nitrogens with zero attached hydrogens (tertiary/aromatic N) is 2. The number of anilines is 1. The van der Waals surface area contributed by atoms with E-state index < -0.39 is 23.5 Å². The normalized spacial score (nSPS) is 21.2. The maximum atomic E-state index is 14.3. The van der Waals surface area contributed by atoms with Crippen molar-refractivity contribution in [3.05, 3.63) is 85.2 Å². The SMILES string of the molecule is CC1(C)CC(=O)C2=C(C1)N(c1ccc(I)cc1)C1=C(C(=O)N(C(=O)OC(C)(C)C)CC1)C2c1ccc(Cl)cc1. The van der Waals surface area contributed by atoms with E-state index in [1.54, 1.807) is 32.9 Å². The lowest BCUT2D eigenvalue weighted by Crippen LogP contribution is -2.50.